The Labute approximate surface area is 129 Å². The van der Waals surface area contributed by atoms with Gasteiger partial charge in [0.1, 0.15) is 0 Å². The molecule has 0 unspecified atom stereocenters. The van der Waals surface area contributed by atoms with E-state index >= 15 is 0 Å². The van der Waals surface area contributed by atoms with Crippen molar-refractivity contribution in [1.29, 1.82) is 0 Å². The minimum Gasteiger partial charge on any atom is -0.165 e. The summed E-state index contributed by atoms with van der Waals surface area (Å²) in [4.78, 5) is 0. The van der Waals surface area contributed by atoms with Gasteiger partial charge >= 0.3 is 0 Å². The molecular formula is C19H30S. The summed E-state index contributed by atoms with van der Waals surface area (Å²) in [5.74, 6) is 1.31. The Hall–Kier alpha value is -0.430. The van der Waals surface area contributed by atoms with Gasteiger partial charge in [-0.1, -0.05) is 63.4 Å². The van der Waals surface area contributed by atoms with Gasteiger partial charge in [-0.2, -0.15) is 11.8 Å². The van der Waals surface area contributed by atoms with Crippen LogP contribution in [0, 0.1) is 5.41 Å². The zero-order valence-electron chi connectivity index (χ0n) is 13.5. The fourth-order valence-corrected chi connectivity index (χ4v) is 4.53. The molecule has 1 aliphatic carbocycles. The van der Waals surface area contributed by atoms with Gasteiger partial charge in [0.15, 0.2) is 0 Å². The van der Waals surface area contributed by atoms with E-state index in [-0.39, 0.29) is 0 Å². The van der Waals surface area contributed by atoms with E-state index in [4.69, 9.17) is 0 Å². The molecule has 1 aromatic rings. The van der Waals surface area contributed by atoms with Crippen molar-refractivity contribution in [3.8, 4) is 0 Å². The van der Waals surface area contributed by atoms with E-state index in [0.29, 0.717) is 10.8 Å². The van der Waals surface area contributed by atoms with Crippen LogP contribution < -0.4 is 0 Å². The summed E-state index contributed by atoms with van der Waals surface area (Å²) in [5, 5.41) is 0. The summed E-state index contributed by atoms with van der Waals surface area (Å²) in [6, 6.07) is 11.3. The average Bonchev–Trinajstić information content (AvgIpc) is 2.93. The summed E-state index contributed by atoms with van der Waals surface area (Å²) in [6.07, 6.45) is 11.9. The monoisotopic (exact) mass is 290 g/mol. The number of thioether (sulfide) groups is 1. The third kappa shape index (κ3) is 3.24. The van der Waals surface area contributed by atoms with E-state index in [1.807, 2.05) is 11.8 Å². The molecule has 0 aromatic heterocycles. The first-order valence-electron chi connectivity index (χ1n) is 8.17. The number of unbranched alkanes of at least 4 members (excludes halogenated alkanes) is 1. The summed E-state index contributed by atoms with van der Waals surface area (Å²) in [5.41, 5.74) is 2.41. The molecule has 1 aliphatic rings. The van der Waals surface area contributed by atoms with Gasteiger partial charge in [-0.25, -0.2) is 0 Å². The second kappa shape index (κ2) is 7.02. The molecule has 0 amide bonds. The highest BCUT2D eigenvalue weighted by molar-refractivity contribution is 7.98. The zero-order valence-corrected chi connectivity index (χ0v) is 14.3. The predicted molar refractivity (Wildman–Crippen MR) is 92.6 cm³/mol. The van der Waals surface area contributed by atoms with E-state index in [9.17, 15) is 0 Å². The van der Waals surface area contributed by atoms with Gasteiger partial charge in [-0.15, -0.1) is 0 Å². The lowest BCUT2D eigenvalue weighted by Crippen LogP contribution is -2.39. The Kier molecular flexibility index (Phi) is 5.60. The fraction of sp³-hybridized carbons (Fsp3) is 0.684. The second-order valence-corrected chi connectivity index (χ2v) is 7.90. The molecule has 0 spiro atoms. The van der Waals surface area contributed by atoms with Crippen LogP contribution in [0.1, 0.15) is 64.4 Å². The van der Waals surface area contributed by atoms with E-state index in [1.54, 1.807) is 5.56 Å². The van der Waals surface area contributed by atoms with Gasteiger partial charge in [0.25, 0.3) is 0 Å². The van der Waals surface area contributed by atoms with E-state index in [2.05, 4.69) is 50.4 Å². The van der Waals surface area contributed by atoms with Crippen molar-refractivity contribution >= 4 is 11.8 Å². The summed E-state index contributed by atoms with van der Waals surface area (Å²) >= 11 is 1.98. The molecule has 1 fully saturated rings. The first-order valence-corrected chi connectivity index (χ1v) is 9.56. The van der Waals surface area contributed by atoms with Crippen molar-refractivity contribution in [2.24, 2.45) is 5.41 Å². The minimum absolute atomic E-state index is 0.350. The van der Waals surface area contributed by atoms with Crippen molar-refractivity contribution in [3.63, 3.8) is 0 Å². The van der Waals surface area contributed by atoms with Crippen molar-refractivity contribution in [2.45, 2.75) is 64.2 Å². The van der Waals surface area contributed by atoms with Gasteiger partial charge in [-0.05, 0) is 54.1 Å². The maximum atomic E-state index is 2.54. The van der Waals surface area contributed by atoms with Crippen LogP contribution >= 0.6 is 11.8 Å². The standard InChI is InChI=1S/C19H30S/c1-18(13-7-8-14-18)19(2,15-9-10-16-20-3)17-11-5-4-6-12-17/h4-6,11-12H,7-10,13-16H2,1-3H3/t19-/m1/s1. The van der Waals surface area contributed by atoms with Gasteiger partial charge in [0, 0.05) is 0 Å². The third-order valence-corrected chi connectivity index (χ3v) is 6.42. The number of rotatable bonds is 7. The molecule has 1 atom stereocenters. The summed E-state index contributed by atoms with van der Waals surface area (Å²) in [7, 11) is 0. The first-order chi connectivity index (χ1) is 9.62. The Bertz CT molecular complexity index is 391. The molecule has 0 aliphatic heterocycles. The fourth-order valence-electron chi connectivity index (χ4n) is 4.03. The van der Waals surface area contributed by atoms with Crippen molar-refractivity contribution in [3.05, 3.63) is 35.9 Å². The molecular weight excluding hydrogens is 260 g/mol. The molecule has 0 bridgehead atoms. The quantitative estimate of drug-likeness (QED) is 0.550. The highest BCUT2D eigenvalue weighted by Gasteiger charge is 2.46. The van der Waals surface area contributed by atoms with Crippen molar-refractivity contribution in [2.75, 3.05) is 12.0 Å². The molecule has 0 heterocycles. The molecule has 0 saturated heterocycles. The Balaban J connectivity index is 2.19. The SMILES string of the molecule is CSCCCC[C@](C)(c1ccccc1)C1(C)CCCC1. The summed E-state index contributed by atoms with van der Waals surface area (Å²) < 4.78 is 0. The van der Waals surface area contributed by atoms with E-state index in [0.717, 1.165) is 0 Å². The van der Waals surface area contributed by atoms with E-state index in [1.165, 1.54) is 50.7 Å². The largest absolute Gasteiger partial charge is 0.165 e. The second-order valence-electron chi connectivity index (χ2n) is 6.92. The van der Waals surface area contributed by atoms with Crippen LogP contribution in [-0.2, 0) is 5.41 Å². The van der Waals surface area contributed by atoms with Gasteiger partial charge in [0.05, 0.1) is 0 Å². The predicted octanol–water partition coefficient (Wildman–Crippen LogP) is 6.06. The summed E-state index contributed by atoms with van der Waals surface area (Å²) in [6.45, 7) is 5.08. The van der Waals surface area contributed by atoms with Gasteiger partial charge in [0.2, 0.25) is 0 Å². The van der Waals surface area contributed by atoms with Crippen LogP contribution in [0.5, 0.6) is 0 Å². The molecule has 112 valence electrons. The molecule has 1 heteroatoms. The topological polar surface area (TPSA) is 0 Å². The average molecular weight is 291 g/mol. The molecule has 0 radical (unpaired) electrons. The zero-order chi connectivity index (χ0) is 14.5. The Morgan fingerprint density at radius 3 is 2.35 bits per heavy atom. The smallest absolute Gasteiger partial charge is 0.00215 e. The van der Waals surface area contributed by atoms with E-state index < -0.39 is 0 Å². The Morgan fingerprint density at radius 2 is 1.75 bits per heavy atom. The maximum absolute atomic E-state index is 2.54. The highest BCUT2D eigenvalue weighted by Crippen LogP contribution is 2.54. The lowest BCUT2D eigenvalue weighted by Gasteiger charge is -2.45. The van der Waals surface area contributed by atoms with Crippen molar-refractivity contribution < 1.29 is 0 Å². The molecule has 2 rings (SSSR count). The maximum Gasteiger partial charge on any atom is -0.00215 e. The van der Waals surface area contributed by atoms with Crippen LogP contribution in [0.2, 0.25) is 0 Å². The Morgan fingerprint density at radius 1 is 1.10 bits per heavy atom. The van der Waals surface area contributed by atoms with Gasteiger partial charge in [-0.3, -0.25) is 0 Å². The van der Waals surface area contributed by atoms with Crippen LogP contribution in [0.25, 0.3) is 0 Å². The lowest BCUT2D eigenvalue weighted by molar-refractivity contribution is 0.145. The molecule has 0 nitrogen and oxygen atoms in total. The molecule has 20 heavy (non-hydrogen) atoms. The van der Waals surface area contributed by atoms with Crippen LogP contribution in [0.15, 0.2) is 30.3 Å². The van der Waals surface area contributed by atoms with Crippen LogP contribution in [-0.4, -0.2) is 12.0 Å². The van der Waals surface area contributed by atoms with Crippen LogP contribution in [0.3, 0.4) is 0 Å². The molecule has 1 aromatic carbocycles. The first kappa shape index (κ1) is 15.9. The van der Waals surface area contributed by atoms with Gasteiger partial charge < -0.3 is 0 Å². The third-order valence-electron chi connectivity index (χ3n) is 5.73. The normalized spacial score (nSPS) is 20.8. The highest BCUT2D eigenvalue weighted by atomic mass is 32.2. The van der Waals surface area contributed by atoms with Crippen LogP contribution in [0.4, 0.5) is 0 Å². The number of hydrogen-bond donors (Lipinski definition) is 0. The number of hydrogen-bond acceptors (Lipinski definition) is 1. The van der Waals surface area contributed by atoms with Crippen molar-refractivity contribution in [1.82, 2.24) is 0 Å². The molecule has 1 saturated carbocycles. The lowest BCUT2D eigenvalue weighted by atomic mass is 9.59. The number of benzene rings is 1. The minimum atomic E-state index is 0.350. The molecule has 0 N–H and O–H groups in total.